The fraction of sp³-hybridized carbons (Fsp3) is 0.357. The molecular weight excluding hydrogens is 226 g/mol. The highest BCUT2D eigenvalue weighted by atomic mass is 16.2. The molecule has 3 rings (SSSR count). The third kappa shape index (κ3) is 2.18. The minimum atomic E-state index is -0.188. The number of hydrazone groups is 1. The lowest BCUT2D eigenvalue weighted by Gasteiger charge is -2.11. The van der Waals surface area contributed by atoms with E-state index >= 15 is 0 Å². The van der Waals surface area contributed by atoms with Crippen molar-refractivity contribution in [1.29, 1.82) is 0 Å². The van der Waals surface area contributed by atoms with Crippen LogP contribution in [0.15, 0.2) is 41.8 Å². The number of nitrogens with one attached hydrogen (secondary N) is 1. The highest BCUT2D eigenvalue weighted by molar-refractivity contribution is 5.94. The van der Waals surface area contributed by atoms with E-state index in [2.05, 4.69) is 27.7 Å². The van der Waals surface area contributed by atoms with E-state index in [-0.39, 0.29) is 5.91 Å². The number of nitrogens with zero attached hydrogens (tertiary/aromatic N) is 2. The van der Waals surface area contributed by atoms with E-state index in [1.807, 2.05) is 6.21 Å². The van der Waals surface area contributed by atoms with Gasteiger partial charge in [0.15, 0.2) is 0 Å². The first-order chi connectivity index (χ1) is 8.83. The lowest BCUT2D eigenvalue weighted by atomic mass is 9.95. The third-order valence-electron chi connectivity index (χ3n) is 3.70. The zero-order valence-electron chi connectivity index (χ0n) is 9.99. The van der Waals surface area contributed by atoms with Crippen molar-refractivity contribution in [3.05, 3.63) is 42.2 Å². The summed E-state index contributed by atoms with van der Waals surface area (Å²) >= 11 is 0. The zero-order valence-corrected chi connectivity index (χ0v) is 9.99. The Hall–Kier alpha value is -1.97. The molecule has 1 heterocycles. The molecule has 1 N–H and O–H groups in total. The number of carbonyl (C=O) groups excluding carboxylic acids is 1. The van der Waals surface area contributed by atoms with Crippen molar-refractivity contribution in [1.82, 2.24) is 10.4 Å². The smallest absolute Gasteiger partial charge is 0.267 e. The molecule has 2 aliphatic carbocycles. The number of hydrogen-bond donors (Lipinski definition) is 1. The van der Waals surface area contributed by atoms with Crippen molar-refractivity contribution in [2.24, 2.45) is 22.9 Å². The minimum Gasteiger partial charge on any atom is -0.267 e. The Morgan fingerprint density at radius 3 is 2.83 bits per heavy atom. The minimum absolute atomic E-state index is 0.188. The number of allylic oxidation sites excluding steroid dienone is 2. The average molecular weight is 241 g/mol. The molecule has 0 spiro atoms. The van der Waals surface area contributed by atoms with Crippen LogP contribution < -0.4 is 5.43 Å². The fourth-order valence-electron chi connectivity index (χ4n) is 2.75. The second kappa shape index (κ2) is 4.72. The number of carbonyl (C=O) groups is 1. The van der Waals surface area contributed by atoms with Crippen LogP contribution in [0.25, 0.3) is 0 Å². The molecule has 0 aliphatic heterocycles. The molecule has 1 aromatic heterocycles. The molecule has 1 aromatic rings. The molecule has 0 unspecified atom stereocenters. The topological polar surface area (TPSA) is 54.4 Å². The number of pyridine rings is 1. The average Bonchev–Trinajstić information content (AvgIpc) is 3.02. The van der Waals surface area contributed by atoms with Crippen LogP contribution in [0.3, 0.4) is 0 Å². The zero-order chi connectivity index (χ0) is 12.4. The Morgan fingerprint density at radius 2 is 2.17 bits per heavy atom. The molecule has 3 atom stereocenters. The molecule has 2 bridgehead atoms. The molecule has 1 fully saturated rings. The molecule has 18 heavy (non-hydrogen) atoms. The van der Waals surface area contributed by atoms with Crippen molar-refractivity contribution in [2.45, 2.75) is 12.8 Å². The summed E-state index contributed by atoms with van der Waals surface area (Å²) < 4.78 is 0. The second-order valence-corrected chi connectivity index (χ2v) is 4.90. The van der Waals surface area contributed by atoms with E-state index in [9.17, 15) is 4.79 Å². The number of hydrogen-bond acceptors (Lipinski definition) is 3. The fourth-order valence-corrected chi connectivity index (χ4v) is 2.75. The SMILES string of the molecule is O=C(N/N=C\[C@@H]1C[C@@H]2C=C[C@H]1C2)c1ccncc1. The predicted octanol–water partition coefficient (Wildman–Crippen LogP) is 2.01. The van der Waals surface area contributed by atoms with E-state index in [0.717, 1.165) is 12.3 Å². The van der Waals surface area contributed by atoms with Gasteiger partial charge in [0.1, 0.15) is 0 Å². The Morgan fingerprint density at radius 1 is 1.33 bits per heavy atom. The quantitative estimate of drug-likeness (QED) is 0.500. The highest BCUT2D eigenvalue weighted by Gasteiger charge is 2.34. The molecule has 1 saturated carbocycles. The van der Waals surface area contributed by atoms with Gasteiger partial charge in [-0.25, -0.2) is 5.43 Å². The standard InChI is InChI=1S/C14H15N3O/c18-14(11-3-5-15-6-4-11)17-16-9-13-8-10-1-2-12(13)7-10/h1-6,9-10,12-13H,7-8H2,(H,17,18)/b16-9-/t10-,12+,13+/m1/s1. The first kappa shape index (κ1) is 11.1. The van der Waals surface area contributed by atoms with Crippen LogP contribution in [0.5, 0.6) is 0 Å². The Balaban J connectivity index is 1.55. The summed E-state index contributed by atoms with van der Waals surface area (Å²) in [6.07, 6.45) is 12.1. The van der Waals surface area contributed by atoms with Gasteiger partial charge in [0.2, 0.25) is 0 Å². The molecule has 2 aliphatic rings. The molecular formula is C14H15N3O. The van der Waals surface area contributed by atoms with Gasteiger partial charge in [-0.1, -0.05) is 12.2 Å². The molecule has 0 aromatic carbocycles. The van der Waals surface area contributed by atoms with Crippen LogP contribution in [-0.4, -0.2) is 17.1 Å². The van der Waals surface area contributed by atoms with E-state index in [4.69, 9.17) is 0 Å². The normalized spacial score (nSPS) is 29.0. The number of amides is 1. The third-order valence-corrected chi connectivity index (χ3v) is 3.70. The van der Waals surface area contributed by atoms with Gasteiger partial charge >= 0.3 is 0 Å². The highest BCUT2D eigenvalue weighted by Crippen LogP contribution is 2.42. The maximum absolute atomic E-state index is 11.7. The lowest BCUT2D eigenvalue weighted by Crippen LogP contribution is -2.19. The summed E-state index contributed by atoms with van der Waals surface area (Å²) in [5.41, 5.74) is 3.14. The Kier molecular flexibility index (Phi) is 2.92. The van der Waals surface area contributed by atoms with Crippen molar-refractivity contribution in [2.75, 3.05) is 0 Å². The van der Waals surface area contributed by atoms with Crippen LogP contribution in [0.2, 0.25) is 0 Å². The summed E-state index contributed by atoms with van der Waals surface area (Å²) in [5.74, 6) is 1.64. The van der Waals surface area contributed by atoms with E-state index in [1.165, 1.54) is 6.42 Å². The summed E-state index contributed by atoms with van der Waals surface area (Å²) in [5, 5.41) is 4.07. The molecule has 1 amide bonds. The largest absolute Gasteiger partial charge is 0.271 e. The van der Waals surface area contributed by atoms with Crippen molar-refractivity contribution in [3.63, 3.8) is 0 Å². The maximum atomic E-state index is 11.7. The summed E-state index contributed by atoms with van der Waals surface area (Å²) in [6, 6.07) is 3.34. The predicted molar refractivity (Wildman–Crippen MR) is 69.0 cm³/mol. The van der Waals surface area contributed by atoms with Gasteiger partial charge in [0.05, 0.1) is 0 Å². The summed E-state index contributed by atoms with van der Waals surface area (Å²) in [4.78, 5) is 15.6. The molecule has 0 radical (unpaired) electrons. The van der Waals surface area contributed by atoms with Gasteiger partial charge in [-0.2, -0.15) is 5.10 Å². The van der Waals surface area contributed by atoms with Crippen LogP contribution in [0.1, 0.15) is 23.2 Å². The van der Waals surface area contributed by atoms with Crippen molar-refractivity contribution < 1.29 is 4.79 Å². The maximum Gasteiger partial charge on any atom is 0.271 e. The van der Waals surface area contributed by atoms with Gasteiger partial charge in [0, 0.05) is 30.1 Å². The van der Waals surface area contributed by atoms with Crippen LogP contribution in [0, 0.1) is 17.8 Å². The van der Waals surface area contributed by atoms with Crippen LogP contribution in [0.4, 0.5) is 0 Å². The van der Waals surface area contributed by atoms with E-state index in [1.54, 1.807) is 24.5 Å². The van der Waals surface area contributed by atoms with Gasteiger partial charge in [-0.05, 0) is 36.8 Å². The molecule has 0 saturated heterocycles. The Bertz CT molecular complexity index is 495. The van der Waals surface area contributed by atoms with Gasteiger partial charge in [-0.3, -0.25) is 9.78 Å². The molecule has 92 valence electrons. The van der Waals surface area contributed by atoms with Crippen molar-refractivity contribution >= 4 is 12.1 Å². The number of fused-ring (bicyclic) bond motifs is 2. The van der Waals surface area contributed by atoms with Crippen molar-refractivity contribution in [3.8, 4) is 0 Å². The monoisotopic (exact) mass is 241 g/mol. The van der Waals surface area contributed by atoms with E-state index in [0.29, 0.717) is 17.4 Å². The van der Waals surface area contributed by atoms with Gasteiger partial charge in [0.25, 0.3) is 5.91 Å². The van der Waals surface area contributed by atoms with Crippen LogP contribution in [-0.2, 0) is 0 Å². The second-order valence-electron chi connectivity index (χ2n) is 4.90. The molecule has 4 heteroatoms. The first-order valence-electron chi connectivity index (χ1n) is 6.25. The number of aromatic nitrogens is 1. The van der Waals surface area contributed by atoms with E-state index < -0.39 is 0 Å². The molecule has 4 nitrogen and oxygen atoms in total. The van der Waals surface area contributed by atoms with Crippen LogP contribution >= 0.6 is 0 Å². The summed E-state index contributed by atoms with van der Waals surface area (Å²) in [6.45, 7) is 0. The first-order valence-corrected chi connectivity index (χ1v) is 6.25. The summed E-state index contributed by atoms with van der Waals surface area (Å²) in [7, 11) is 0. The van der Waals surface area contributed by atoms with Gasteiger partial charge < -0.3 is 0 Å². The lowest BCUT2D eigenvalue weighted by molar-refractivity contribution is 0.0955. The van der Waals surface area contributed by atoms with Gasteiger partial charge in [-0.15, -0.1) is 0 Å². The Labute approximate surface area is 106 Å². The number of rotatable bonds is 3.